The molecule has 0 unspecified atom stereocenters. The minimum Gasteiger partial charge on any atom is -0.345 e. The number of H-pyrrole nitrogens is 1. The van der Waals surface area contributed by atoms with Crippen molar-refractivity contribution in [2.24, 2.45) is 0 Å². The summed E-state index contributed by atoms with van der Waals surface area (Å²) in [5, 5.41) is 3.12. The zero-order valence-corrected chi connectivity index (χ0v) is 14.0. The highest BCUT2D eigenvalue weighted by Gasteiger charge is 2.08. The standard InChI is InChI=1S/C20H17N3O3/c24-18(21-13-6-9-15-7-2-1-3-8-15)12-14-23-17-11-5-4-10-16(17)19(25)22-20(23)26/h1-5,7-8,10-11H,12-14H2,(H,21,24)(H,22,25,26). The van der Waals surface area contributed by atoms with Crippen molar-refractivity contribution in [1.29, 1.82) is 0 Å². The van der Waals surface area contributed by atoms with Crippen LogP contribution in [0.15, 0.2) is 64.2 Å². The van der Waals surface area contributed by atoms with Crippen LogP contribution in [0.2, 0.25) is 0 Å². The quantitative estimate of drug-likeness (QED) is 0.697. The number of nitrogens with one attached hydrogen (secondary N) is 2. The Kier molecular flexibility index (Phi) is 5.30. The molecule has 0 fully saturated rings. The molecule has 6 heteroatoms. The Bertz CT molecular complexity index is 1100. The van der Waals surface area contributed by atoms with Crippen LogP contribution in [0.5, 0.6) is 0 Å². The molecule has 1 aromatic heterocycles. The maximum absolute atomic E-state index is 12.0. The fourth-order valence-electron chi connectivity index (χ4n) is 2.58. The van der Waals surface area contributed by atoms with Gasteiger partial charge in [0, 0.05) is 18.5 Å². The number of amides is 1. The summed E-state index contributed by atoms with van der Waals surface area (Å²) in [4.78, 5) is 38.1. The van der Waals surface area contributed by atoms with E-state index in [0.29, 0.717) is 10.9 Å². The highest BCUT2D eigenvalue weighted by atomic mass is 16.2. The average molecular weight is 347 g/mol. The molecule has 0 aliphatic heterocycles. The number of aromatic nitrogens is 2. The molecule has 6 nitrogen and oxygen atoms in total. The molecule has 0 radical (unpaired) electrons. The van der Waals surface area contributed by atoms with Gasteiger partial charge in [0.25, 0.3) is 5.56 Å². The Morgan fingerprint density at radius 3 is 2.58 bits per heavy atom. The number of carbonyl (C=O) groups is 1. The topological polar surface area (TPSA) is 84.0 Å². The van der Waals surface area contributed by atoms with Crippen LogP contribution in [0.1, 0.15) is 12.0 Å². The van der Waals surface area contributed by atoms with Gasteiger partial charge in [-0.25, -0.2) is 4.79 Å². The second kappa shape index (κ2) is 7.99. The molecule has 0 saturated carbocycles. The number of nitrogens with zero attached hydrogens (tertiary/aromatic N) is 1. The Balaban J connectivity index is 1.62. The van der Waals surface area contributed by atoms with Crippen molar-refractivity contribution in [3.05, 3.63) is 81.0 Å². The molecule has 130 valence electrons. The first-order chi connectivity index (χ1) is 12.6. The van der Waals surface area contributed by atoms with E-state index in [9.17, 15) is 14.4 Å². The molecular weight excluding hydrogens is 330 g/mol. The second-order valence-electron chi connectivity index (χ2n) is 5.62. The first kappa shape index (κ1) is 17.2. The molecule has 2 N–H and O–H groups in total. The predicted molar refractivity (Wildman–Crippen MR) is 99.8 cm³/mol. The summed E-state index contributed by atoms with van der Waals surface area (Å²) in [6.07, 6.45) is 0.114. The van der Waals surface area contributed by atoms with Crippen LogP contribution >= 0.6 is 0 Å². The number of hydrogen-bond acceptors (Lipinski definition) is 3. The minimum atomic E-state index is -0.523. The van der Waals surface area contributed by atoms with Crippen LogP contribution in [0.25, 0.3) is 10.9 Å². The van der Waals surface area contributed by atoms with Crippen LogP contribution in [-0.2, 0) is 11.3 Å². The SMILES string of the molecule is O=C(CCn1c(=O)[nH]c(=O)c2ccccc21)NCC#Cc1ccccc1. The fraction of sp³-hybridized carbons (Fsp3) is 0.150. The van der Waals surface area contributed by atoms with E-state index >= 15 is 0 Å². The van der Waals surface area contributed by atoms with Crippen LogP contribution in [0.4, 0.5) is 0 Å². The average Bonchev–Trinajstić information content (AvgIpc) is 2.66. The van der Waals surface area contributed by atoms with E-state index in [1.165, 1.54) is 4.57 Å². The summed E-state index contributed by atoms with van der Waals surface area (Å²) in [6.45, 7) is 0.406. The number of benzene rings is 2. The predicted octanol–water partition coefficient (Wildman–Crippen LogP) is 1.25. The summed E-state index contributed by atoms with van der Waals surface area (Å²) in [6, 6.07) is 16.3. The molecule has 3 aromatic rings. The summed E-state index contributed by atoms with van der Waals surface area (Å²) in [5.41, 5.74) is 0.443. The molecule has 3 rings (SSSR count). The highest BCUT2D eigenvalue weighted by Crippen LogP contribution is 2.06. The third-order valence-electron chi connectivity index (χ3n) is 3.85. The number of carbonyl (C=O) groups excluding carboxylic acids is 1. The van der Waals surface area contributed by atoms with Crippen molar-refractivity contribution in [3.63, 3.8) is 0 Å². The van der Waals surface area contributed by atoms with E-state index in [1.807, 2.05) is 30.3 Å². The van der Waals surface area contributed by atoms with Gasteiger partial charge in [-0.15, -0.1) is 0 Å². The number of hydrogen-bond donors (Lipinski definition) is 2. The van der Waals surface area contributed by atoms with Crippen molar-refractivity contribution in [3.8, 4) is 11.8 Å². The number of aromatic amines is 1. The largest absolute Gasteiger partial charge is 0.345 e. The van der Waals surface area contributed by atoms with Gasteiger partial charge in [0.1, 0.15) is 0 Å². The summed E-state index contributed by atoms with van der Waals surface area (Å²) >= 11 is 0. The normalized spacial score (nSPS) is 10.2. The first-order valence-corrected chi connectivity index (χ1v) is 8.17. The zero-order valence-electron chi connectivity index (χ0n) is 14.0. The van der Waals surface area contributed by atoms with Gasteiger partial charge in [-0.05, 0) is 24.3 Å². The van der Waals surface area contributed by atoms with E-state index in [0.717, 1.165) is 5.56 Å². The molecule has 26 heavy (non-hydrogen) atoms. The number of fused-ring (bicyclic) bond motifs is 1. The zero-order chi connectivity index (χ0) is 18.4. The Labute approximate surface area is 149 Å². The van der Waals surface area contributed by atoms with Crippen LogP contribution in [0, 0.1) is 11.8 Å². The molecular formula is C20H17N3O3. The lowest BCUT2D eigenvalue weighted by atomic mass is 10.2. The lowest BCUT2D eigenvalue weighted by molar-refractivity contribution is -0.121. The Hall–Kier alpha value is -3.59. The summed E-state index contributed by atoms with van der Waals surface area (Å²) < 4.78 is 1.39. The van der Waals surface area contributed by atoms with Crippen LogP contribution < -0.4 is 16.6 Å². The maximum Gasteiger partial charge on any atom is 0.328 e. The van der Waals surface area contributed by atoms with Gasteiger partial charge in [-0.1, -0.05) is 42.2 Å². The lowest BCUT2D eigenvalue weighted by Crippen LogP contribution is -2.32. The number of rotatable bonds is 4. The van der Waals surface area contributed by atoms with Crippen molar-refractivity contribution < 1.29 is 4.79 Å². The monoisotopic (exact) mass is 347 g/mol. The minimum absolute atomic E-state index is 0.114. The Morgan fingerprint density at radius 1 is 1.04 bits per heavy atom. The van der Waals surface area contributed by atoms with Gasteiger partial charge in [-0.2, -0.15) is 0 Å². The van der Waals surface area contributed by atoms with Crippen LogP contribution in [-0.4, -0.2) is 22.0 Å². The molecule has 0 saturated heterocycles. The first-order valence-electron chi connectivity index (χ1n) is 8.17. The van der Waals surface area contributed by atoms with Crippen molar-refractivity contribution in [1.82, 2.24) is 14.9 Å². The van der Waals surface area contributed by atoms with Gasteiger partial charge in [-0.3, -0.25) is 19.1 Å². The van der Waals surface area contributed by atoms with Crippen molar-refractivity contribution >= 4 is 16.8 Å². The van der Waals surface area contributed by atoms with E-state index in [1.54, 1.807) is 24.3 Å². The second-order valence-corrected chi connectivity index (χ2v) is 5.62. The van der Waals surface area contributed by atoms with Gasteiger partial charge >= 0.3 is 5.69 Å². The highest BCUT2D eigenvalue weighted by molar-refractivity contribution is 5.79. The van der Waals surface area contributed by atoms with Gasteiger partial charge in [0.05, 0.1) is 17.4 Å². The molecule has 1 amide bonds. The molecule has 0 atom stereocenters. The van der Waals surface area contributed by atoms with Crippen LogP contribution in [0.3, 0.4) is 0 Å². The number of para-hydroxylation sites is 1. The van der Waals surface area contributed by atoms with Crippen molar-refractivity contribution in [2.45, 2.75) is 13.0 Å². The molecule has 0 spiro atoms. The smallest absolute Gasteiger partial charge is 0.328 e. The van der Waals surface area contributed by atoms with E-state index < -0.39 is 11.2 Å². The number of aryl methyl sites for hydroxylation is 1. The summed E-state index contributed by atoms with van der Waals surface area (Å²) in [5.74, 6) is 5.62. The molecule has 0 aliphatic rings. The van der Waals surface area contributed by atoms with E-state index in [4.69, 9.17) is 0 Å². The molecule has 2 aromatic carbocycles. The van der Waals surface area contributed by atoms with Crippen molar-refractivity contribution in [2.75, 3.05) is 6.54 Å². The lowest BCUT2D eigenvalue weighted by Gasteiger charge is -2.08. The van der Waals surface area contributed by atoms with Gasteiger partial charge < -0.3 is 5.32 Å². The third kappa shape index (κ3) is 4.08. The molecule has 1 heterocycles. The van der Waals surface area contributed by atoms with E-state index in [2.05, 4.69) is 22.1 Å². The Morgan fingerprint density at radius 2 is 1.77 bits per heavy atom. The van der Waals surface area contributed by atoms with Gasteiger partial charge in [0.15, 0.2) is 0 Å². The third-order valence-corrected chi connectivity index (χ3v) is 3.85. The molecule has 0 aliphatic carbocycles. The maximum atomic E-state index is 12.0. The summed E-state index contributed by atoms with van der Waals surface area (Å²) in [7, 11) is 0. The molecule has 0 bridgehead atoms. The van der Waals surface area contributed by atoms with Gasteiger partial charge in [0.2, 0.25) is 5.91 Å². The fourth-order valence-corrected chi connectivity index (χ4v) is 2.58. The van der Waals surface area contributed by atoms with E-state index in [-0.39, 0.29) is 25.4 Å².